The van der Waals surface area contributed by atoms with Crippen LogP contribution in [0.5, 0.6) is 0 Å². The van der Waals surface area contributed by atoms with E-state index in [1.165, 1.54) is 0 Å². The minimum absolute atomic E-state index is 0. The number of likely N-dealkylation sites (N-methyl/N-ethyl adjacent to an activating group) is 1. The molecular weight excluding hydrogens is 349 g/mol. The summed E-state index contributed by atoms with van der Waals surface area (Å²) in [4.78, 5) is 6.65. The number of nitrogens with one attached hydrogen (secondary N) is 1. The molecule has 1 saturated heterocycles. The fourth-order valence-electron chi connectivity index (χ4n) is 2.16. The zero-order valence-corrected chi connectivity index (χ0v) is 13.7. The van der Waals surface area contributed by atoms with Crippen molar-refractivity contribution in [1.29, 1.82) is 0 Å². The summed E-state index contributed by atoms with van der Waals surface area (Å²) in [5.41, 5.74) is 0. The molecule has 6 heteroatoms. The average Bonchev–Trinajstić information content (AvgIpc) is 2.74. The van der Waals surface area contributed by atoms with E-state index in [9.17, 15) is 0 Å². The summed E-state index contributed by atoms with van der Waals surface area (Å²) >= 11 is 1.96. The van der Waals surface area contributed by atoms with Gasteiger partial charge in [0.05, 0.1) is 6.54 Å². The van der Waals surface area contributed by atoms with Crippen LogP contribution in [0.3, 0.4) is 0 Å². The summed E-state index contributed by atoms with van der Waals surface area (Å²) in [7, 11) is 2.09. The Morgan fingerprint density at radius 2 is 2.18 bits per heavy atom. The highest BCUT2D eigenvalue weighted by Gasteiger charge is 2.32. The third-order valence-electron chi connectivity index (χ3n) is 3.46. The van der Waals surface area contributed by atoms with E-state index in [1.54, 1.807) is 0 Å². The molecule has 0 aromatic carbocycles. The molecule has 2 aliphatic rings. The molecule has 0 aromatic heterocycles. The van der Waals surface area contributed by atoms with Crippen molar-refractivity contribution in [2.24, 2.45) is 4.99 Å². The summed E-state index contributed by atoms with van der Waals surface area (Å²) < 4.78 is 5.78. The van der Waals surface area contributed by atoms with Gasteiger partial charge in [0.15, 0.2) is 5.96 Å². The molecule has 1 fully saturated rings. The van der Waals surface area contributed by atoms with Gasteiger partial charge >= 0.3 is 0 Å². The molecule has 2 heterocycles. The van der Waals surface area contributed by atoms with Crippen molar-refractivity contribution in [3.63, 3.8) is 0 Å². The second kappa shape index (κ2) is 7.04. The van der Waals surface area contributed by atoms with Gasteiger partial charge in [0.25, 0.3) is 0 Å². The molecule has 4 nitrogen and oxygen atoms in total. The van der Waals surface area contributed by atoms with Crippen LogP contribution in [-0.4, -0.2) is 61.8 Å². The first-order chi connectivity index (χ1) is 7.76. The minimum atomic E-state index is 0. The highest BCUT2D eigenvalue weighted by atomic mass is 127. The molecule has 0 amide bonds. The largest absolute Gasteiger partial charge is 0.381 e. The van der Waals surface area contributed by atoms with Gasteiger partial charge in [-0.15, -0.1) is 24.0 Å². The SMILES string of the molecule is CSC1(CNC2=NCCN2C)CCOCC1.I. The number of hydrogen-bond acceptors (Lipinski definition) is 5. The van der Waals surface area contributed by atoms with E-state index in [2.05, 4.69) is 28.5 Å². The van der Waals surface area contributed by atoms with Gasteiger partial charge in [0.2, 0.25) is 0 Å². The lowest BCUT2D eigenvalue weighted by molar-refractivity contribution is 0.0782. The molecule has 0 aliphatic carbocycles. The quantitative estimate of drug-likeness (QED) is 0.762. The van der Waals surface area contributed by atoms with Crippen molar-refractivity contribution >= 4 is 41.7 Å². The van der Waals surface area contributed by atoms with Gasteiger partial charge in [-0.2, -0.15) is 11.8 Å². The van der Waals surface area contributed by atoms with Gasteiger partial charge < -0.3 is 15.0 Å². The van der Waals surface area contributed by atoms with Crippen molar-refractivity contribution in [2.45, 2.75) is 17.6 Å². The lowest BCUT2D eigenvalue weighted by Gasteiger charge is -2.36. The van der Waals surface area contributed by atoms with Crippen molar-refractivity contribution in [2.75, 3.05) is 46.2 Å². The molecule has 2 rings (SSSR count). The Kier molecular flexibility index (Phi) is 6.36. The summed E-state index contributed by atoms with van der Waals surface area (Å²) in [6.07, 6.45) is 4.48. The van der Waals surface area contributed by atoms with E-state index in [0.717, 1.165) is 51.6 Å². The Morgan fingerprint density at radius 3 is 2.71 bits per heavy atom. The number of aliphatic imine (C=N–C) groups is 1. The molecule has 0 radical (unpaired) electrons. The fraction of sp³-hybridized carbons (Fsp3) is 0.909. The maximum Gasteiger partial charge on any atom is 0.193 e. The number of ether oxygens (including phenoxy) is 1. The average molecular weight is 371 g/mol. The van der Waals surface area contributed by atoms with Gasteiger partial charge in [0, 0.05) is 38.1 Å². The Bertz CT molecular complexity index is 269. The van der Waals surface area contributed by atoms with Gasteiger partial charge in [-0.1, -0.05) is 0 Å². The third kappa shape index (κ3) is 3.89. The first-order valence-corrected chi connectivity index (χ1v) is 7.11. The summed E-state index contributed by atoms with van der Waals surface area (Å²) in [6, 6.07) is 0. The minimum Gasteiger partial charge on any atom is -0.381 e. The van der Waals surface area contributed by atoms with E-state index >= 15 is 0 Å². The molecule has 1 N–H and O–H groups in total. The van der Waals surface area contributed by atoms with Crippen molar-refractivity contribution < 1.29 is 4.74 Å². The summed E-state index contributed by atoms with van der Waals surface area (Å²) in [5, 5.41) is 3.49. The molecule has 0 spiro atoms. The number of hydrogen-bond donors (Lipinski definition) is 1. The fourth-order valence-corrected chi connectivity index (χ4v) is 2.95. The highest BCUT2D eigenvalue weighted by Crippen LogP contribution is 2.33. The van der Waals surface area contributed by atoms with E-state index in [4.69, 9.17) is 4.74 Å². The third-order valence-corrected chi connectivity index (χ3v) is 4.88. The van der Waals surface area contributed by atoms with Crippen molar-refractivity contribution in [1.82, 2.24) is 10.2 Å². The molecule has 2 aliphatic heterocycles. The Balaban J connectivity index is 0.00000144. The molecule has 0 unspecified atom stereocenters. The van der Waals surface area contributed by atoms with E-state index < -0.39 is 0 Å². The van der Waals surface area contributed by atoms with Gasteiger partial charge in [-0.25, -0.2) is 0 Å². The normalized spacial score (nSPS) is 22.9. The highest BCUT2D eigenvalue weighted by molar-refractivity contribution is 14.0. The van der Waals surface area contributed by atoms with Gasteiger partial charge in [-0.3, -0.25) is 4.99 Å². The van der Waals surface area contributed by atoms with E-state index in [0.29, 0.717) is 4.75 Å². The summed E-state index contributed by atoms with van der Waals surface area (Å²) in [5.74, 6) is 1.06. The summed E-state index contributed by atoms with van der Waals surface area (Å²) in [6.45, 7) is 4.75. The van der Waals surface area contributed by atoms with Crippen LogP contribution in [-0.2, 0) is 4.74 Å². The molecule has 100 valence electrons. The molecule has 0 bridgehead atoms. The lowest BCUT2D eigenvalue weighted by atomic mass is 9.99. The number of halogens is 1. The number of thioether (sulfide) groups is 1. The lowest BCUT2D eigenvalue weighted by Crippen LogP contribution is -2.47. The molecule has 0 saturated carbocycles. The molecule has 0 aromatic rings. The number of guanidine groups is 1. The van der Waals surface area contributed by atoms with Crippen molar-refractivity contribution in [3.05, 3.63) is 0 Å². The molecule has 0 atom stereocenters. The maximum absolute atomic E-state index is 5.44. The van der Waals surface area contributed by atoms with Gasteiger partial charge in [0.1, 0.15) is 0 Å². The van der Waals surface area contributed by atoms with Crippen LogP contribution < -0.4 is 5.32 Å². The standard InChI is InChI=1S/C11H21N3OS.HI/c1-14-6-5-12-10(14)13-9-11(16-2)3-7-15-8-4-11;/h3-9H2,1-2H3,(H,12,13);1H. The van der Waals surface area contributed by atoms with Crippen LogP contribution in [0, 0.1) is 0 Å². The monoisotopic (exact) mass is 371 g/mol. The second-order valence-electron chi connectivity index (χ2n) is 4.48. The number of nitrogens with zero attached hydrogens (tertiary/aromatic N) is 2. The van der Waals surface area contributed by atoms with Crippen LogP contribution in [0.4, 0.5) is 0 Å². The Labute approximate surface area is 125 Å². The van der Waals surface area contributed by atoms with Crippen LogP contribution in [0.1, 0.15) is 12.8 Å². The number of rotatable bonds is 3. The zero-order chi connectivity index (χ0) is 11.4. The van der Waals surface area contributed by atoms with Crippen LogP contribution in [0.2, 0.25) is 0 Å². The topological polar surface area (TPSA) is 36.9 Å². The smallest absolute Gasteiger partial charge is 0.193 e. The van der Waals surface area contributed by atoms with Crippen LogP contribution in [0.25, 0.3) is 0 Å². The first kappa shape index (κ1) is 15.4. The maximum atomic E-state index is 5.44. The van der Waals surface area contributed by atoms with E-state index in [1.807, 2.05) is 11.8 Å². The zero-order valence-electron chi connectivity index (χ0n) is 10.6. The second-order valence-corrected chi connectivity index (χ2v) is 5.75. The Morgan fingerprint density at radius 1 is 1.47 bits per heavy atom. The van der Waals surface area contributed by atoms with Gasteiger partial charge in [-0.05, 0) is 19.1 Å². The predicted molar refractivity (Wildman–Crippen MR) is 84.6 cm³/mol. The van der Waals surface area contributed by atoms with Crippen LogP contribution >= 0.6 is 35.7 Å². The molecule has 17 heavy (non-hydrogen) atoms. The first-order valence-electron chi connectivity index (χ1n) is 5.88. The van der Waals surface area contributed by atoms with Crippen LogP contribution in [0.15, 0.2) is 4.99 Å². The van der Waals surface area contributed by atoms with Crippen molar-refractivity contribution in [3.8, 4) is 0 Å². The molecular formula is C11H22IN3OS. The predicted octanol–water partition coefficient (Wildman–Crippen LogP) is 1.41. The van der Waals surface area contributed by atoms with E-state index in [-0.39, 0.29) is 24.0 Å². The Hall–Kier alpha value is 0.310.